The average Bonchev–Trinajstić information content (AvgIpc) is 3.84. The van der Waals surface area contributed by atoms with Gasteiger partial charge in [-0.25, -0.2) is 6.57 Å². The van der Waals surface area contributed by atoms with Gasteiger partial charge in [-0.2, -0.15) is 0 Å². The Hall–Kier alpha value is -1.39. The molecule has 4 fully saturated rings. The van der Waals surface area contributed by atoms with E-state index in [4.69, 9.17) is 49.6 Å². The first kappa shape index (κ1) is 78.7. The van der Waals surface area contributed by atoms with E-state index in [0.29, 0.717) is 37.5 Å². The maximum absolute atomic E-state index is 12.1. The first-order valence-electron chi connectivity index (χ1n) is 27.9. The summed E-state index contributed by atoms with van der Waals surface area (Å²) in [7, 11) is -3.93. The minimum Gasteiger partial charge on any atom is -0.465 e. The number of hydrogen-bond donors (Lipinski definition) is 1. The molecule has 4 saturated heterocycles. The second-order valence-electron chi connectivity index (χ2n) is 27.3. The Morgan fingerprint density at radius 3 is 1.35 bits per heavy atom. The first-order chi connectivity index (χ1) is 34.2. The van der Waals surface area contributed by atoms with Crippen LogP contribution in [0, 0.1) is 23.3 Å². The summed E-state index contributed by atoms with van der Waals surface area (Å²) in [5.41, 5.74) is 4.87. The van der Waals surface area contributed by atoms with Crippen LogP contribution >= 0.6 is 15.9 Å². The number of esters is 2. The summed E-state index contributed by atoms with van der Waals surface area (Å²) in [6, 6.07) is -0.0412. The van der Waals surface area contributed by atoms with Gasteiger partial charge in [0, 0.05) is 51.4 Å². The maximum Gasteiger partial charge on any atom is 0.311 e. The van der Waals surface area contributed by atoms with Crippen LogP contribution in [0.25, 0.3) is 4.85 Å². The Balaban J connectivity index is 0. The van der Waals surface area contributed by atoms with Crippen molar-refractivity contribution in [2.45, 2.75) is 293 Å². The molecule has 18 heteroatoms. The molecule has 0 saturated carbocycles. The topological polar surface area (TPSA) is 172 Å². The van der Waals surface area contributed by atoms with Gasteiger partial charge in [0.15, 0.2) is 22.4 Å². The van der Waals surface area contributed by atoms with Gasteiger partial charge >= 0.3 is 11.9 Å². The Morgan fingerprint density at radius 2 is 1.04 bits per heavy atom. The van der Waals surface area contributed by atoms with Crippen LogP contribution in [0.4, 0.5) is 0 Å². The SMILES string of the molecule is C.C.CC(=O)/C=C(\N)[C@H](C)C[C@H]1CC[C@@H]2O[C@@H](CCCOC(=O)C(C)(C)C)C[C@]2(CO[Si](C)(C)C(C)(C)C)O1.CC(=O)CBr.[C-]#[N+][C@H](C)C[C@H]1CC[C@@H]2O[C@@H](CCCOC(=O)C(C)(C)C)C[C@]2(CO[Si](C)(C)C(C)(C)C)O1.[Zn]. The summed E-state index contributed by atoms with van der Waals surface area (Å²) in [5, 5.41) is 0.706. The van der Waals surface area contributed by atoms with Gasteiger partial charge in [-0.3, -0.25) is 19.2 Å². The normalized spacial score (nSPS) is 26.2. The third-order valence-electron chi connectivity index (χ3n) is 15.9. The van der Waals surface area contributed by atoms with Crippen LogP contribution < -0.4 is 5.73 Å². The van der Waals surface area contributed by atoms with E-state index in [1.54, 1.807) is 0 Å². The predicted molar refractivity (Wildman–Crippen MR) is 321 cm³/mol. The third-order valence-corrected chi connectivity index (χ3v) is 25.7. The molecule has 78 heavy (non-hydrogen) atoms. The number of carbonyl (C=O) groups is 4. The Labute approximate surface area is 499 Å². The number of fused-ring (bicyclic) bond motifs is 2. The molecule has 0 spiro atoms. The van der Waals surface area contributed by atoms with Gasteiger partial charge in [0.2, 0.25) is 6.04 Å². The number of rotatable bonds is 21. The molecule has 0 unspecified atom stereocenters. The van der Waals surface area contributed by atoms with Crippen molar-refractivity contribution < 1.29 is 75.9 Å². The Kier molecular flexibility index (Phi) is 33.5. The molecular weight excluding hydrogens is 1140 g/mol. The van der Waals surface area contributed by atoms with Gasteiger partial charge in [0.1, 0.15) is 17.0 Å². The molecule has 452 valence electrons. The van der Waals surface area contributed by atoms with Crippen molar-refractivity contribution in [1.82, 2.24) is 0 Å². The molecule has 0 aromatic heterocycles. The van der Waals surface area contributed by atoms with Crippen molar-refractivity contribution in [3.05, 3.63) is 23.2 Å². The molecule has 0 aromatic carbocycles. The number of allylic oxidation sites excluding steroid dienone is 2. The average molecular weight is 1260 g/mol. The second kappa shape index (κ2) is 33.2. The fourth-order valence-corrected chi connectivity index (χ4v) is 11.1. The molecule has 0 bridgehead atoms. The molecule has 4 aliphatic rings. The van der Waals surface area contributed by atoms with Gasteiger partial charge in [0.25, 0.3) is 0 Å². The summed E-state index contributed by atoms with van der Waals surface area (Å²) in [5.74, 6) is -0.146. The van der Waals surface area contributed by atoms with Crippen LogP contribution in [0.3, 0.4) is 0 Å². The maximum atomic E-state index is 12.1. The number of carbonyl (C=O) groups excluding carboxylic acids is 4. The monoisotopic (exact) mass is 1250 g/mol. The molecule has 10 atom stereocenters. The van der Waals surface area contributed by atoms with E-state index in [2.05, 4.69) is 95.4 Å². The van der Waals surface area contributed by atoms with Crippen LogP contribution in [0.5, 0.6) is 0 Å². The van der Waals surface area contributed by atoms with Crippen molar-refractivity contribution in [2.24, 2.45) is 22.5 Å². The number of hydrogen-bond acceptors (Lipinski definition) is 13. The van der Waals surface area contributed by atoms with Gasteiger partial charge in [-0.05, 0) is 161 Å². The largest absolute Gasteiger partial charge is 0.465 e. The van der Waals surface area contributed by atoms with Crippen LogP contribution in [-0.2, 0) is 75.9 Å². The van der Waals surface area contributed by atoms with Crippen LogP contribution in [0.1, 0.15) is 203 Å². The minimum atomic E-state index is -1.99. The zero-order valence-corrected chi connectivity index (χ0v) is 57.8. The van der Waals surface area contributed by atoms with Crippen LogP contribution in [0.2, 0.25) is 36.3 Å². The van der Waals surface area contributed by atoms with E-state index in [-0.39, 0.29) is 116 Å². The fraction of sp³-hybridized carbons (Fsp3) is 0.883. The summed E-state index contributed by atoms with van der Waals surface area (Å²) in [6.07, 6.45) is 11.6. The Morgan fingerprint density at radius 1 is 0.679 bits per heavy atom. The summed E-state index contributed by atoms with van der Waals surface area (Å²) >= 11 is 2.96. The van der Waals surface area contributed by atoms with E-state index >= 15 is 0 Å². The van der Waals surface area contributed by atoms with Crippen molar-refractivity contribution in [1.29, 1.82) is 0 Å². The number of halogens is 1. The van der Waals surface area contributed by atoms with E-state index < -0.39 is 38.7 Å². The van der Waals surface area contributed by atoms with E-state index in [1.807, 2.05) is 48.5 Å². The van der Waals surface area contributed by atoms with Gasteiger partial charge < -0.3 is 47.9 Å². The third kappa shape index (κ3) is 25.2. The molecule has 0 aromatic rings. The van der Waals surface area contributed by atoms with Crippen LogP contribution in [-0.4, -0.2) is 126 Å². The number of ether oxygens (including phenoxy) is 6. The molecule has 14 nitrogen and oxygen atoms in total. The van der Waals surface area contributed by atoms with Crippen LogP contribution in [0.15, 0.2) is 11.8 Å². The zero-order chi connectivity index (χ0) is 57.6. The summed E-state index contributed by atoms with van der Waals surface area (Å²) in [6.45, 7) is 50.1. The van der Waals surface area contributed by atoms with Gasteiger partial charge in [-0.1, -0.05) is 79.2 Å². The molecule has 4 heterocycles. The number of alkyl halides is 1. The van der Waals surface area contributed by atoms with Crippen molar-refractivity contribution >= 4 is 56.1 Å². The summed E-state index contributed by atoms with van der Waals surface area (Å²) in [4.78, 5) is 49.0. The minimum absolute atomic E-state index is 0. The number of nitrogens with zero attached hydrogens (tertiary/aromatic N) is 1. The zero-order valence-electron chi connectivity index (χ0n) is 51.2. The van der Waals surface area contributed by atoms with Crippen molar-refractivity contribution in [3.8, 4) is 0 Å². The molecule has 2 N–H and O–H groups in total. The van der Waals surface area contributed by atoms with Crippen molar-refractivity contribution in [2.75, 3.05) is 31.8 Å². The molecule has 4 aliphatic heterocycles. The molecule has 4 rings (SSSR count). The first-order valence-corrected chi connectivity index (χ1v) is 34.9. The van der Waals surface area contributed by atoms with Crippen molar-refractivity contribution in [3.63, 3.8) is 0 Å². The summed E-state index contributed by atoms with van der Waals surface area (Å²) < 4.78 is 50.9. The predicted octanol–water partition coefficient (Wildman–Crippen LogP) is 14.3. The standard InChI is InChI=1S/C29H53NO6Si.C26H47NO5Si.C3H5BrO.2CH4.Zn/c1-20(24(30)17-21(2)31)16-22-13-14-25-29(36-22,19-34-37(9,10)28(6,7)8)18-23(35-25)12-11-15-33-26(32)27(3,4)5;1-19(27-8)16-20-13-14-22-26(32-20,18-30-33(9,10)25(5,6)7)17-21(31-22)12-11-15-29-23(28)24(2,3)4;1-3(5)2-4;;;/h17,20,22-23,25H,11-16,18-19,30H2,1-10H3;19-22H,11-18H2,1-7,9-10H3;2H2,1H3;2*1H4;/b24-17-;;;;;/t20-,22-,23+,25+,29-;19-,20-,21+,22+,26-;;;;/m11..../s1. The molecule has 0 amide bonds. The van der Waals surface area contributed by atoms with Gasteiger partial charge in [-0.15, -0.1) is 0 Å². The quantitative estimate of drug-likeness (QED) is 0.0288. The molecule has 0 aliphatic carbocycles. The fourth-order valence-electron chi connectivity index (χ4n) is 9.02. The van der Waals surface area contributed by atoms with E-state index in [9.17, 15) is 19.2 Å². The Bertz CT molecular complexity index is 1920. The van der Waals surface area contributed by atoms with E-state index in [1.165, 1.54) is 19.9 Å². The molecular formula is C60H113BrN2O12Si2Zn. The number of Topliss-reactive ketones (excluding diaryl/α,β-unsaturated/α-hetero) is 1. The van der Waals surface area contributed by atoms with Gasteiger partial charge in [0.05, 0.1) is 79.2 Å². The smallest absolute Gasteiger partial charge is 0.311 e. The molecule has 0 radical (unpaired) electrons. The van der Waals surface area contributed by atoms with E-state index in [0.717, 1.165) is 77.0 Å². The number of ketones is 2. The number of nitrogens with two attached hydrogens (primary N) is 1. The second-order valence-corrected chi connectivity index (χ2v) is 37.4.